The summed E-state index contributed by atoms with van der Waals surface area (Å²) in [5.74, 6) is 0.577. The van der Waals surface area contributed by atoms with Gasteiger partial charge in [0.2, 0.25) is 0 Å². The third-order valence-electron chi connectivity index (χ3n) is 4.18. The Hall–Kier alpha value is -0.0800. The maximum absolute atomic E-state index is 10.1. The van der Waals surface area contributed by atoms with Crippen LogP contribution in [0.3, 0.4) is 0 Å². The molecule has 2 N–H and O–H groups in total. The smallest absolute Gasteiger partial charge is 0.0675 e. The second kappa shape index (κ2) is 3.25. The predicted octanol–water partition coefficient (Wildman–Crippen LogP) is 1.80. The summed E-state index contributed by atoms with van der Waals surface area (Å²) in [5, 5.41) is 19.4. The van der Waals surface area contributed by atoms with Crippen molar-refractivity contribution in [3.8, 4) is 0 Å². The van der Waals surface area contributed by atoms with Crippen molar-refractivity contribution >= 4 is 0 Å². The third-order valence-corrected chi connectivity index (χ3v) is 4.18. The van der Waals surface area contributed by atoms with E-state index in [9.17, 15) is 10.2 Å². The molecule has 3 atom stereocenters. The van der Waals surface area contributed by atoms with E-state index in [1.165, 1.54) is 0 Å². The first kappa shape index (κ1) is 11.0. The maximum atomic E-state index is 10.1. The van der Waals surface area contributed by atoms with Crippen LogP contribution >= 0.6 is 0 Å². The average molecular weight is 186 g/mol. The molecule has 1 rings (SSSR count). The Labute approximate surface area is 81.0 Å². The summed E-state index contributed by atoms with van der Waals surface area (Å²) < 4.78 is 0. The number of hydrogen-bond acceptors (Lipinski definition) is 2. The lowest BCUT2D eigenvalue weighted by atomic mass is 9.57. The molecule has 1 aliphatic carbocycles. The molecule has 1 saturated carbocycles. The molecule has 0 spiro atoms. The molecule has 1 fully saturated rings. The lowest BCUT2D eigenvalue weighted by Gasteiger charge is -2.50. The highest BCUT2D eigenvalue weighted by molar-refractivity contribution is 4.98. The minimum atomic E-state index is -0.690. The Morgan fingerprint density at radius 2 is 1.85 bits per heavy atom. The van der Waals surface area contributed by atoms with E-state index in [4.69, 9.17) is 0 Å². The second-order valence-electron chi connectivity index (χ2n) is 5.35. The van der Waals surface area contributed by atoms with E-state index in [1.807, 2.05) is 6.92 Å². The third kappa shape index (κ3) is 1.75. The minimum Gasteiger partial charge on any atom is -0.396 e. The molecule has 13 heavy (non-hydrogen) atoms. The molecule has 0 aromatic carbocycles. The molecule has 0 aromatic heterocycles. The zero-order valence-corrected chi connectivity index (χ0v) is 9.17. The van der Waals surface area contributed by atoms with Gasteiger partial charge >= 0.3 is 0 Å². The monoisotopic (exact) mass is 186 g/mol. The zero-order valence-electron chi connectivity index (χ0n) is 9.17. The van der Waals surface area contributed by atoms with Crippen LogP contribution < -0.4 is 0 Å². The topological polar surface area (TPSA) is 40.5 Å². The number of aliphatic hydroxyl groups is 2. The van der Waals surface area contributed by atoms with Crippen LogP contribution in [0.5, 0.6) is 0 Å². The predicted molar refractivity (Wildman–Crippen MR) is 53.4 cm³/mol. The standard InChI is InChI=1S/C11H22O2/c1-8-5-6-11(4,13)9(7-12)10(8,2)3/h8-9,12-13H,5-7H2,1-4H3. The van der Waals surface area contributed by atoms with E-state index in [0.717, 1.165) is 12.8 Å². The first-order chi connectivity index (χ1) is 5.82. The summed E-state index contributed by atoms with van der Waals surface area (Å²) >= 11 is 0. The highest BCUT2D eigenvalue weighted by Gasteiger charge is 2.48. The normalized spacial score (nSPS) is 44.8. The van der Waals surface area contributed by atoms with Crippen LogP contribution in [0.1, 0.15) is 40.5 Å². The molecule has 0 bridgehead atoms. The van der Waals surface area contributed by atoms with E-state index in [2.05, 4.69) is 20.8 Å². The maximum Gasteiger partial charge on any atom is 0.0675 e. The number of aliphatic hydroxyl groups excluding tert-OH is 1. The molecule has 0 amide bonds. The van der Waals surface area contributed by atoms with Gasteiger partial charge in [-0.25, -0.2) is 0 Å². The van der Waals surface area contributed by atoms with E-state index in [1.54, 1.807) is 0 Å². The average Bonchev–Trinajstić information content (AvgIpc) is 1.98. The highest BCUT2D eigenvalue weighted by atomic mass is 16.3. The molecule has 3 unspecified atom stereocenters. The highest BCUT2D eigenvalue weighted by Crippen LogP contribution is 2.49. The SMILES string of the molecule is CC1CCC(C)(O)C(CO)C1(C)C. The van der Waals surface area contributed by atoms with E-state index >= 15 is 0 Å². The van der Waals surface area contributed by atoms with Crippen molar-refractivity contribution in [3.05, 3.63) is 0 Å². The molecule has 78 valence electrons. The van der Waals surface area contributed by atoms with Crippen molar-refractivity contribution in [3.63, 3.8) is 0 Å². The van der Waals surface area contributed by atoms with Crippen molar-refractivity contribution in [1.82, 2.24) is 0 Å². The molecular formula is C11H22O2. The van der Waals surface area contributed by atoms with Crippen molar-refractivity contribution in [2.24, 2.45) is 17.3 Å². The Morgan fingerprint density at radius 3 is 2.23 bits per heavy atom. The van der Waals surface area contributed by atoms with Gasteiger partial charge in [-0.3, -0.25) is 0 Å². The summed E-state index contributed by atoms with van der Waals surface area (Å²) in [6, 6.07) is 0. The van der Waals surface area contributed by atoms with Gasteiger partial charge in [0.25, 0.3) is 0 Å². The molecular weight excluding hydrogens is 164 g/mol. The van der Waals surface area contributed by atoms with Gasteiger partial charge in [-0.15, -0.1) is 0 Å². The fraction of sp³-hybridized carbons (Fsp3) is 1.00. The van der Waals surface area contributed by atoms with Gasteiger partial charge < -0.3 is 10.2 Å². The Kier molecular flexibility index (Phi) is 2.75. The van der Waals surface area contributed by atoms with Gasteiger partial charge in [-0.05, 0) is 31.1 Å². The Balaban J connectivity index is 2.91. The molecule has 0 aromatic rings. The van der Waals surface area contributed by atoms with Gasteiger partial charge in [-0.1, -0.05) is 20.8 Å². The largest absolute Gasteiger partial charge is 0.396 e. The quantitative estimate of drug-likeness (QED) is 0.655. The van der Waals surface area contributed by atoms with Crippen LogP contribution in [0, 0.1) is 17.3 Å². The van der Waals surface area contributed by atoms with Crippen LogP contribution in [-0.4, -0.2) is 22.4 Å². The Morgan fingerprint density at radius 1 is 1.31 bits per heavy atom. The fourth-order valence-electron chi connectivity index (χ4n) is 2.63. The van der Waals surface area contributed by atoms with Crippen molar-refractivity contribution in [1.29, 1.82) is 0 Å². The lowest BCUT2D eigenvalue weighted by molar-refractivity contribution is -0.129. The van der Waals surface area contributed by atoms with E-state index in [-0.39, 0.29) is 17.9 Å². The molecule has 0 heterocycles. The summed E-state index contributed by atoms with van der Waals surface area (Å²) in [6.07, 6.45) is 1.86. The van der Waals surface area contributed by atoms with Crippen molar-refractivity contribution in [2.75, 3.05) is 6.61 Å². The molecule has 0 radical (unpaired) electrons. The summed E-state index contributed by atoms with van der Waals surface area (Å²) in [7, 11) is 0. The van der Waals surface area contributed by atoms with Crippen LogP contribution in [0.4, 0.5) is 0 Å². The first-order valence-electron chi connectivity index (χ1n) is 5.15. The molecule has 0 aliphatic heterocycles. The summed E-state index contributed by atoms with van der Waals surface area (Å²) in [5.41, 5.74) is -0.652. The van der Waals surface area contributed by atoms with E-state index in [0.29, 0.717) is 5.92 Å². The minimum absolute atomic E-state index is 0.00347. The van der Waals surface area contributed by atoms with Crippen molar-refractivity contribution < 1.29 is 10.2 Å². The van der Waals surface area contributed by atoms with Gasteiger partial charge in [0, 0.05) is 12.5 Å². The van der Waals surface area contributed by atoms with Gasteiger partial charge in [0.1, 0.15) is 0 Å². The van der Waals surface area contributed by atoms with Crippen molar-refractivity contribution in [2.45, 2.75) is 46.1 Å². The summed E-state index contributed by atoms with van der Waals surface area (Å²) in [6.45, 7) is 8.43. The Bertz CT molecular complexity index is 185. The first-order valence-corrected chi connectivity index (χ1v) is 5.15. The molecule has 2 nitrogen and oxygen atoms in total. The van der Waals surface area contributed by atoms with E-state index < -0.39 is 5.60 Å². The molecule has 1 aliphatic rings. The zero-order chi connectivity index (χ0) is 10.3. The van der Waals surface area contributed by atoms with Crippen LogP contribution in [0.15, 0.2) is 0 Å². The number of rotatable bonds is 1. The molecule has 2 heteroatoms. The van der Waals surface area contributed by atoms with Gasteiger partial charge in [0.15, 0.2) is 0 Å². The fourth-order valence-corrected chi connectivity index (χ4v) is 2.63. The van der Waals surface area contributed by atoms with Crippen LogP contribution in [-0.2, 0) is 0 Å². The number of hydrogen-bond donors (Lipinski definition) is 2. The van der Waals surface area contributed by atoms with Crippen LogP contribution in [0.25, 0.3) is 0 Å². The second-order valence-corrected chi connectivity index (χ2v) is 5.35. The molecule has 0 saturated heterocycles. The summed E-state index contributed by atoms with van der Waals surface area (Å²) in [4.78, 5) is 0. The van der Waals surface area contributed by atoms with Crippen LogP contribution in [0.2, 0.25) is 0 Å². The van der Waals surface area contributed by atoms with Gasteiger partial charge in [0.05, 0.1) is 5.60 Å². The lowest BCUT2D eigenvalue weighted by Crippen LogP contribution is -2.52. The van der Waals surface area contributed by atoms with Gasteiger partial charge in [-0.2, -0.15) is 0 Å².